The minimum absolute atomic E-state index is 0.0974. The number of fused-ring (bicyclic) bond motifs is 1. The first-order valence-corrected chi connectivity index (χ1v) is 7.71. The van der Waals surface area contributed by atoms with Crippen molar-refractivity contribution in [2.45, 2.75) is 6.54 Å². The minimum Gasteiger partial charge on any atom is -0.482 e. The lowest BCUT2D eigenvalue weighted by atomic mass is 10.1. The normalized spacial score (nSPS) is 13.3. The molecule has 2 amide bonds. The van der Waals surface area contributed by atoms with Gasteiger partial charge in [-0.25, -0.2) is 5.48 Å². The molecule has 3 rings (SSSR count). The van der Waals surface area contributed by atoms with Gasteiger partial charge in [-0.05, 0) is 35.9 Å². The van der Waals surface area contributed by atoms with Crippen molar-refractivity contribution in [1.29, 1.82) is 0 Å². The van der Waals surface area contributed by atoms with E-state index in [9.17, 15) is 9.59 Å². The monoisotopic (exact) mass is 366 g/mol. The van der Waals surface area contributed by atoms with Gasteiger partial charge in [0.15, 0.2) is 6.61 Å². The maximum absolute atomic E-state index is 12.3. The molecular weight excluding hydrogens is 355 g/mol. The van der Waals surface area contributed by atoms with E-state index in [0.29, 0.717) is 21.5 Å². The Kier molecular flexibility index (Phi) is 4.62. The molecule has 2 aromatic carbocycles. The largest absolute Gasteiger partial charge is 0.482 e. The van der Waals surface area contributed by atoms with Crippen molar-refractivity contribution < 1.29 is 19.5 Å². The third-order valence-electron chi connectivity index (χ3n) is 3.59. The van der Waals surface area contributed by atoms with E-state index in [0.717, 1.165) is 5.56 Å². The van der Waals surface area contributed by atoms with E-state index in [1.165, 1.54) is 17.0 Å². The van der Waals surface area contributed by atoms with Crippen LogP contribution in [-0.2, 0) is 11.3 Å². The first kappa shape index (κ1) is 16.6. The lowest BCUT2D eigenvalue weighted by Gasteiger charge is -2.30. The van der Waals surface area contributed by atoms with Gasteiger partial charge in [0.25, 0.3) is 11.8 Å². The number of carbonyl (C=O) groups is 2. The topological polar surface area (TPSA) is 78.9 Å². The summed E-state index contributed by atoms with van der Waals surface area (Å²) in [5.41, 5.74) is 2.99. The standard InChI is InChI=1S/C16H12Cl2N2O4/c17-11-3-1-9(5-12(11)18)7-20-13-6-10(16(22)19-23)2-4-14(13)24-8-15(20)21/h1-6,23H,7-8H2,(H,19,22). The van der Waals surface area contributed by atoms with Crippen molar-refractivity contribution in [3.8, 4) is 5.75 Å². The molecule has 2 N–H and O–H groups in total. The van der Waals surface area contributed by atoms with E-state index in [2.05, 4.69) is 0 Å². The summed E-state index contributed by atoms with van der Waals surface area (Å²) in [5.74, 6) is -0.454. The summed E-state index contributed by atoms with van der Waals surface area (Å²) >= 11 is 11.9. The molecule has 124 valence electrons. The van der Waals surface area contributed by atoms with Crippen LogP contribution in [0.4, 0.5) is 5.69 Å². The summed E-state index contributed by atoms with van der Waals surface area (Å²) in [6.45, 7) is 0.149. The van der Waals surface area contributed by atoms with Crippen molar-refractivity contribution in [1.82, 2.24) is 5.48 Å². The van der Waals surface area contributed by atoms with Crippen molar-refractivity contribution in [2.75, 3.05) is 11.5 Å². The Morgan fingerprint density at radius 3 is 2.71 bits per heavy atom. The first-order chi connectivity index (χ1) is 11.5. The summed E-state index contributed by atoms with van der Waals surface area (Å²) in [6, 6.07) is 9.65. The van der Waals surface area contributed by atoms with Crippen molar-refractivity contribution in [3.05, 3.63) is 57.6 Å². The van der Waals surface area contributed by atoms with E-state index in [1.807, 2.05) is 0 Å². The fraction of sp³-hybridized carbons (Fsp3) is 0.125. The van der Waals surface area contributed by atoms with Gasteiger partial charge < -0.3 is 9.64 Å². The molecule has 0 radical (unpaired) electrons. The zero-order chi connectivity index (χ0) is 17.3. The molecule has 6 nitrogen and oxygen atoms in total. The Morgan fingerprint density at radius 1 is 1.21 bits per heavy atom. The maximum atomic E-state index is 12.3. The van der Waals surface area contributed by atoms with E-state index >= 15 is 0 Å². The molecule has 0 atom stereocenters. The number of amides is 2. The van der Waals surface area contributed by atoms with Gasteiger partial charge in [-0.1, -0.05) is 29.3 Å². The number of nitrogens with one attached hydrogen (secondary N) is 1. The molecule has 1 aliphatic heterocycles. The van der Waals surface area contributed by atoms with E-state index in [-0.39, 0.29) is 24.6 Å². The Morgan fingerprint density at radius 2 is 2.00 bits per heavy atom. The number of anilines is 1. The van der Waals surface area contributed by atoms with Gasteiger partial charge in [0.05, 0.1) is 22.3 Å². The Balaban J connectivity index is 1.97. The minimum atomic E-state index is -0.676. The van der Waals surface area contributed by atoms with Crippen LogP contribution in [0.15, 0.2) is 36.4 Å². The molecule has 0 saturated carbocycles. The van der Waals surface area contributed by atoms with Gasteiger partial charge in [0, 0.05) is 5.56 Å². The third kappa shape index (κ3) is 3.17. The van der Waals surface area contributed by atoms with Crippen LogP contribution in [0.25, 0.3) is 0 Å². The van der Waals surface area contributed by atoms with Gasteiger partial charge in [0.1, 0.15) is 5.75 Å². The van der Waals surface area contributed by atoms with E-state index in [1.54, 1.807) is 29.7 Å². The molecule has 0 unspecified atom stereocenters. The molecule has 1 aliphatic rings. The molecule has 2 aromatic rings. The highest BCUT2D eigenvalue weighted by Crippen LogP contribution is 2.34. The van der Waals surface area contributed by atoms with Crippen LogP contribution < -0.4 is 15.1 Å². The summed E-state index contributed by atoms with van der Waals surface area (Å²) in [5, 5.41) is 9.58. The highest BCUT2D eigenvalue weighted by Gasteiger charge is 2.26. The molecule has 1 heterocycles. The number of ether oxygens (including phenoxy) is 1. The first-order valence-electron chi connectivity index (χ1n) is 6.95. The number of halogens is 2. The number of nitrogens with zero attached hydrogens (tertiary/aromatic N) is 1. The molecule has 0 fully saturated rings. The quantitative estimate of drug-likeness (QED) is 0.646. The number of hydroxylamine groups is 1. The van der Waals surface area contributed by atoms with Crippen LogP contribution >= 0.6 is 23.2 Å². The summed E-state index contributed by atoms with van der Waals surface area (Å²) < 4.78 is 5.38. The van der Waals surface area contributed by atoms with Crippen molar-refractivity contribution >= 4 is 40.7 Å². The van der Waals surface area contributed by atoms with Gasteiger partial charge in [0.2, 0.25) is 0 Å². The highest BCUT2D eigenvalue weighted by molar-refractivity contribution is 6.42. The van der Waals surface area contributed by atoms with Gasteiger partial charge >= 0.3 is 0 Å². The predicted molar refractivity (Wildman–Crippen MR) is 88.8 cm³/mol. The van der Waals surface area contributed by atoms with Gasteiger partial charge in [-0.3, -0.25) is 14.8 Å². The molecule has 0 aromatic heterocycles. The Labute approximate surface area is 147 Å². The smallest absolute Gasteiger partial charge is 0.274 e. The fourth-order valence-corrected chi connectivity index (χ4v) is 2.72. The second-order valence-corrected chi connectivity index (χ2v) is 5.95. The average Bonchev–Trinajstić information content (AvgIpc) is 2.59. The van der Waals surface area contributed by atoms with E-state index < -0.39 is 5.91 Å². The van der Waals surface area contributed by atoms with Crippen LogP contribution in [0.5, 0.6) is 5.75 Å². The van der Waals surface area contributed by atoms with Crippen LogP contribution in [0.1, 0.15) is 15.9 Å². The van der Waals surface area contributed by atoms with Crippen LogP contribution in [0.2, 0.25) is 10.0 Å². The third-order valence-corrected chi connectivity index (χ3v) is 4.33. The van der Waals surface area contributed by atoms with Gasteiger partial charge in [-0.2, -0.15) is 0 Å². The molecular formula is C16H12Cl2N2O4. The fourth-order valence-electron chi connectivity index (χ4n) is 2.40. The SMILES string of the molecule is O=C(NO)c1ccc2c(c1)N(Cc1ccc(Cl)c(Cl)c1)C(=O)CO2. The van der Waals surface area contributed by atoms with Crippen molar-refractivity contribution in [2.24, 2.45) is 0 Å². The lowest BCUT2D eigenvalue weighted by Crippen LogP contribution is -2.38. The molecule has 8 heteroatoms. The predicted octanol–water partition coefficient (Wildman–Crippen LogP) is 3.04. The van der Waals surface area contributed by atoms with E-state index in [4.69, 9.17) is 33.1 Å². The Hall–Kier alpha value is -2.28. The summed E-state index contributed by atoms with van der Waals surface area (Å²) in [6.07, 6.45) is 0. The number of hydrogen-bond donors (Lipinski definition) is 2. The second kappa shape index (κ2) is 6.68. The zero-order valence-electron chi connectivity index (χ0n) is 12.3. The molecule has 24 heavy (non-hydrogen) atoms. The number of rotatable bonds is 3. The number of hydrogen-bond acceptors (Lipinski definition) is 4. The molecule has 0 saturated heterocycles. The molecule has 0 aliphatic carbocycles. The van der Waals surface area contributed by atoms with Crippen molar-refractivity contribution in [3.63, 3.8) is 0 Å². The van der Waals surface area contributed by atoms with Gasteiger partial charge in [-0.15, -0.1) is 0 Å². The number of benzene rings is 2. The molecule has 0 spiro atoms. The number of carbonyl (C=O) groups excluding carboxylic acids is 2. The Bertz CT molecular complexity index is 826. The van der Waals surface area contributed by atoms with Crippen LogP contribution in [0, 0.1) is 0 Å². The molecule has 0 bridgehead atoms. The van der Waals surface area contributed by atoms with Crippen LogP contribution in [-0.4, -0.2) is 23.6 Å². The second-order valence-electron chi connectivity index (χ2n) is 5.14. The summed E-state index contributed by atoms with van der Waals surface area (Å²) in [7, 11) is 0. The van der Waals surface area contributed by atoms with Crippen LogP contribution in [0.3, 0.4) is 0 Å². The zero-order valence-corrected chi connectivity index (χ0v) is 13.8. The summed E-state index contributed by atoms with van der Waals surface area (Å²) in [4.78, 5) is 25.3. The maximum Gasteiger partial charge on any atom is 0.274 e. The average molecular weight is 367 g/mol. The lowest BCUT2D eigenvalue weighted by molar-refractivity contribution is -0.121. The highest BCUT2D eigenvalue weighted by atomic mass is 35.5.